The molecule has 0 bridgehead atoms. The summed E-state index contributed by atoms with van der Waals surface area (Å²) in [7, 11) is 0. The summed E-state index contributed by atoms with van der Waals surface area (Å²) in [5.41, 5.74) is 10.5. The number of carbonyl (C=O) groups is 2. The van der Waals surface area contributed by atoms with Crippen molar-refractivity contribution in [1.29, 1.82) is 0 Å². The van der Waals surface area contributed by atoms with E-state index < -0.39 is 23.2 Å². The van der Waals surface area contributed by atoms with Gasteiger partial charge in [-0.2, -0.15) is 4.98 Å². The normalized spacial score (nSPS) is 18.3. The minimum atomic E-state index is -0.984. The molecule has 1 aromatic heterocycles. The molecule has 11 heteroatoms. The van der Waals surface area contributed by atoms with Crippen LogP contribution in [0.1, 0.15) is 60.2 Å². The number of halogens is 1. The highest BCUT2D eigenvalue weighted by Gasteiger charge is 2.24. The van der Waals surface area contributed by atoms with E-state index in [1.807, 2.05) is 0 Å². The summed E-state index contributed by atoms with van der Waals surface area (Å²) < 4.78 is 14.2. The highest BCUT2D eigenvalue weighted by Crippen LogP contribution is 2.23. The van der Waals surface area contributed by atoms with Crippen LogP contribution >= 0.6 is 0 Å². The Hall–Kier alpha value is -3.47. The summed E-state index contributed by atoms with van der Waals surface area (Å²) in [5, 5.41) is 8.54. The molecule has 0 radical (unpaired) electrons. The first-order valence-corrected chi connectivity index (χ1v) is 10.5. The third-order valence-electron chi connectivity index (χ3n) is 5.20. The van der Waals surface area contributed by atoms with Crippen molar-refractivity contribution in [1.82, 2.24) is 15.3 Å². The van der Waals surface area contributed by atoms with Crippen LogP contribution in [0, 0.1) is 5.82 Å². The molecular weight excluding hydrogens is 417 g/mol. The summed E-state index contributed by atoms with van der Waals surface area (Å²) >= 11 is 0. The van der Waals surface area contributed by atoms with E-state index in [0.717, 1.165) is 31.7 Å². The van der Waals surface area contributed by atoms with Crippen molar-refractivity contribution >= 4 is 29.3 Å². The van der Waals surface area contributed by atoms with Crippen LogP contribution in [0.5, 0.6) is 0 Å². The first-order valence-electron chi connectivity index (χ1n) is 10.5. The first-order chi connectivity index (χ1) is 15.2. The number of anilines is 3. The lowest BCUT2D eigenvalue weighted by molar-refractivity contribution is 0.0938. The lowest BCUT2D eigenvalue weighted by atomic mass is 9.91. The van der Waals surface area contributed by atoms with Crippen molar-refractivity contribution in [2.75, 3.05) is 10.6 Å². The number of aromatic nitrogens is 2. The van der Waals surface area contributed by atoms with E-state index in [2.05, 4.69) is 25.9 Å². The molecule has 1 saturated carbocycles. The molecule has 32 heavy (non-hydrogen) atoms. The van der Waals surface area contributed by atoms with Crippen LogP contribution in [0.4, 0.5) is 21.8 Å². The molecule has 1 fully saturated rings. The Morgan fingerprint density at radius 3 is 2.62 bits per heavy atom. The molecule has 2 amide bonds. The topological polar surface area (TPSA) is 168 Å². The Morgan fingerprint density at radius 1 is 1.25 bits per heavy atom. The van der Waals surface area contributed by atoms with Gasteiger partial charge in [0.1, 0.15) is 11.4 Å². The largest absolute Gasteiger partial charge is 0.365 e. The molecule has 3 rings (SSSR count). The number of H-pyrrole nitrogens is 1. The number of hydrogen-bond donors (Lipinski definition) is 6. The average molecular weight is 445 g/mol. The Bertz CT molecular complexity index is 1070. The van der Waals surface area contributed by atoms with E-state index in [1.54, 1.807) is 13.8 Å². The Labute approximate surface area is 184 Å². The zero-order chi connectivity index (χ0) is 23.4. The fourth-order valence-corrected chi connectivity index (χ4v) is 3.63. The van der Waals surface area contributed by atoms with Gasteiger partial charge in [-0.1, -0.05) is 12.8 Å². The molecule has 2 atom stereocenters. The number of carbonyl (C=O) groups excluding carboxylic acids is 2. The highest BCUT2D eigenvalue weighted by atomic mass is 19.1. The highest BCUT2D eigenvalue weighted by molar-refractivity contribution is 5.99. The standard InChI is InChI=1S/C21H28FN7O3/c1-10(2)25-19(31)12-9-11(7-8-13(12)22)26-18-16(17(24)30)20(32)29-21(28-18)27-15-6-4-3-5-14(15)23/h7-10,14-15H,3-6,23H2,1-2H3,(H2,24,30)(H,25,31)(H3,26,27,28,29,32)/t14-,15-/m0/s1. The monoisotopic (exact) mass is 445 g/mol. The molecule has 172 valence electrons. The average Bonchev–Trinajstić information content (AvgIpc) is 2.70. The van der Waals surface area contributed by atoms with Gasteiger partial charge < -0.3 is 27.4 Å². The minimum absolute atomic E-state index is 0.0867. The van der Waals surface area contributed by atoms with Gasteiger partial charge in [0.15, 0.2) is 5.82 Å². The van der Waals surface area contributed by atoms with Crippen LogP contribution in [0.15, 0.2) is 23.0 Å². The smallest absolute Gasteiger partial charge is 0.267 e. The van der Waals surface area contributed by atoms with Gasteiger partial charge in [0, 0.05) is 23.8 Å². The number of nitrogens with two attached hydrogens (primary N) is 2. The predicted octanol–water partition coefficient (Wildman–Crippen LogP) is 1.57. The lowest BCUT2D eigenvalue weighted by Crippen LogP contribution is -2.43. The Kier molecular flexibility index (Phi) is 7.08. The van der Waals surface area contributed by atoms with Gasteiger partial charge in [-0.05, 0) is 44.9 Å². The van der Waals surface area contributed by atoms with E-state index in [1.165, 1.54) is 12.1 Å². The predicted molar refractivity (Wildman–Crippen MR) is 120 cm³/mol. The van der Waals surface area contributed by atoms with Crippen molar-refractivity contribution in [3.8, 4) is 0 Å². The number of rotatable bonds is 7. The van der Waals surface area contributed by atoms with E-state index in [0.29, 0.717) is 0 Å². The van der Waals surface area contributed by atoms with E-state index in [-0.39, 0.29) is 46.7 Å². The third-order valence-corrected chi connectivity index (χ3v) is 5.20. The zero-order valence-corrected chi connectivity index (χ0v) is 18.0. The number of primary amides is 1. The molecular formula is C21H28FN7O3. The summed E-state index contributed by atoms with van der Waals surface area (Å²) in [5.74, 6) is -2.28. The van der Waals surface area contributed by atoms with Crippen LogP contribution in [-0.4, -0.2) is 39.9 Å². The summed E-state index contributed by atoms with van der Waals surface area (Å²) in [6.07, 6.45) is 3.70. The van der Waals surface area contributed by atoms with Gasteiger partial charge in [0.05, 0.1) is 5.56 Å². The molecule has 0 spiro atoms. The van der Waals surface area contributed by atoms with E-state index in [4.69, 9.17) is 11.5 Å². The molecule has 8 N–H and O–H groups in total. The number of amides is 2. The number of benzene rings is 1. The zero-order valence-electron chi connectivity index (χ0n) is 18.0. The van der Waals surface area contributed by atoms with Gasteiger partial charge >= 0.3 is 0 Å². The van der Waals surface area contributed by atoms with Crippen molar-refractivity contribution in [2.24, 2.45) is 11.5 Å². The maximum absolute atomic E-state index is 14.2. The fourth-order valence-electron chi connectivity index (χ4n) is 3.63. The Balaban J connectivity index is 1.94. The Morgan fingerprint density at radius 2 is 1.97 bits per heavy atom. The van der Waals surface area contributed by atoms with Gasteiger partial charge in [-0.15, -0.1) is 0 Å². The summed E-state index contributed by atoms with van der Waals surface area (Å²) in [6, 6.07) is 3.37. The molecule has 0 aliphatic heterocycles. The van der Waals surface area contributed by atoms with Gasteiger partial charge in [-0.3, -0.25) is 19.4 Å². The van der Waals surface area contributed by atoms with Crippen LogP contribution in [0.25, 0.3) is 0 Å². The molecule has 2 aromatic rings. The second-order valence-corrected chi connectivity index (χ2v) is 8.15. The molecule has 1 aliphatic carbocycles. The van der Waals surface area contributed by atoms with Crippen LogP contribution in [-0.2, 0) is 0 Å². The number of nitrogens with zero attached hydrogens (tertiary/aromatic N) is 1. The van der Waals surface area contributed by atoms with E-state index >= 15 is 0 Å². The second kappa shape index (κ2) is 9.77. The van der Waals surface area contributed by atoms with Gasteiger partial charge in [0.2, 0.25) is 5.95 Å². The first kappa shape index (κ1) is 23.2. The molecule has 1 aromatic carbocycles. The van der Waals surface area contributed by atoms with Crippen molar-refractivity contribution in [3.63, 3.8) is 0 Å². The third kappa shape index (κ3) is 5.41. The minimum Gasteiger partial charge on any atom is -0.365 e. The molecule has 0 unspecified atom stereocenters. The van der Waals surface area contributed by atoms with Crippen molar-refractivity contribution < 1.29 is 14.0 Å². The van der Waals surface area contributed by atoms with Crippen LogP contribution in [0.3, 0.4) is 0 Å². The molecule has 1 heterocycles. The maximum Gasteiger partial charge on any atom is 0.267 e. The summed E-state index contributed by atoms with van der Waals surface area (Å²) in [4.78, 5) is 43.5. The number of nitrogens with one attached hydrogen (secondary N) is 4. The quantitative estimate of drug-likeness (QED) is 0.376. The summed E-state index contributed by atoms with van der Waals surface area (Å²) in [6.45, 7) is 3.51. The maximum atomic E-state index is 14.2. The molecule has 1 aliphatic rings. The second-order valence-electron chi connectivity index (χ2n) is 8.15. The van der Waals surface area contributed by atoms with Gasteiger partial charge in [0.25, 0.3) is 17.4 Å². The number of aromatic amines is 1. The number of hydrogen-bond acceptors (Lipinski definition) is 7. The molecule has 10 nitrogen and oxygen atoms in total. The van der Waals surface area contributed by atoms with Crippen LogP contribution in [0.2, 0.25) is 0 Å². The lowest BCUT2D eigenvalue weighted by Gasteiger charge is -2.29. The van der Waals surface area contributed by atoms with Crippen LogP contribution < -0.4 is 33.0 Å². The SMILES string of the molecule is CC(C)NC(=O)c1cc(Nc2nc(N[C@H]3CCCC[C@@H]3N)[nH]c(=O)c2C(N)=O)ccc1F. The van der Waals surface area contributed by atoms with Crippen molar-refractivity contribution in [3.05, 3.63) is 45.5 Å². The van der Waals surface area contributed by atoms with Crippen molar-refractivity contribution in [2.45, 2.75) is 57.7 Å². The van der Waals surface area contributed by atoms with E-state index in [9.17, 15) is 18.8 Å². The molecule has 0 saturated heterocycles. The van der Waals surface area contributed by atoms with Gasteiger partial charge in [-0.25, -0.2) is 4.39 Å². The fraction of sp³-hybridized carbons (Fsp3) is 0.429.